The Morgan fingerprint density at radius 2 is 1.96 bits per heavy atom. The van der Waals surface area contributed by atoms with Crippen LogP contribution in [0, 0.1) is 6.92 Å². The van der Waals surface area contributed by atoms with E-state index in [0.717, 1.165) is 23.5 Å². The quantitative estimate of drug-likeness (QED) is 0.847. The first-order valence-corrected chi connectivity index (χ1v) is 10.2. The molecule has 2 aromatic rings. The van der Waals surface area contributed by atoms with Crippen molar-refractivity contribution < 1.29 is 19.5 Å². The second kappa shape index (κ2) is 7.25. The van der Waals surface area contributed by atoms with Gasteiger partial charge in [-0.25, -0.2) is 0 Å². The fraction of sp³-hybridized carbons (Fsp3) is 0.381. The van der Waals surface area contributed by atoms with Crippen LogP contribution in [0.1, 0.15) is 52.0 Å². The maximum atomic E-state index is 12.7. The van der Waals surface area contributed by atoms with Crippen molar-refractivity contribution in [3.8, 4) is 11.5 Å². The predicted molar refractivity (Wildman–Crippen MR) is 101 cm³/mol. The maximum Gasteiger partial charge on any atom is 0.232 e. The number of hydrogen-bond donors (Lipinski definition) is 1. The number of benzene rings is 1. The average molecular weight is 369 g/mol. The smallest absolute Gasteiger partial charge is 0.232 e. The summed E-state index contributed by atoms with van der Waals surface area (Å²) in [5, 5.41) is 14.5. The van der Waals surface area contributed by atoms with Crippen molar-refractivity contribution in [2.24, 2.45) is 0 Å². The van der Waals surface area contributed by atoms with Crippen molar-refractivity contribution in [2.45, 2.75) is 39.2 Å². The van der Waals surface area contributed by atoms with Crippen LogP contribution in [0.2, 0.25) is 0 Å². The summed E-state index contributed by atoms with van der Waals surface area (Å²) in [6.07, 6.45) is 6.73. The zero-order chi connectivity index (χ0) is 18.1. The number of aryl methyl sites for hydroxylation is 1. The van der Waals surface area contributed by atoms with Crippen molar-refractivity contribution in [3.63, 3.8) is 0 Å². The summed E-state index contributed by atoms with van der Waals surface area (Å²) in [4.78, 5) is 15.2. The summed E-state index contributed by atoms with van der Waals surface area (Å²) in [6.45, 7) is 4.81. The van der Waals surface area contributed by atoms with Crippen LogP contribution in [0.15, 0.2) is 29.3 Å². The first kappa shape index (κ1) is 17.3. The van der Waals surface area contributed by atoms with E-state index in [1.165, 1.54) is 36.6 Å². The SMILES string of the molecule is Cc1ccsc1/C=C1\Oc2c(ccc([O-])c2C[NH+]2CCCCCC2)C1=O. The molecule has 2 aliphatic rings. The lowest BCUT2D eigenvalue weighted by Crippen LogP contribution is -3.10. The van der Waals surface area contributed by atoms with E-state index in [1.807, 2.05) is 18.4 Å². The first-order chi connectivity index (χ1) is 12.6. The summed E-state index contributed by atoms with van der Waals surface area (Å²) in [5.41, 5.74) is 2.29. The number of ether oxygens (including phenoxy) is 1. The van der Waals surface area contributed by atoms with E-state index in [1.54, 1.807) is 23.5 Å². The molecule has 26 heavy (non-hydrogen) atoms. The number of carbonyl (C=O) groups excluding carboxylic acids is 1. The number of likely N-dealkylation sites (tertiary alicyclic amines) is 1. The molecule has 5 heteroatoms. The largest absolute Gasteiger partial charge is 0.872 e. The molecule has 1 aromatic heterocycles. The Bertz CT molecular complexity index is 860. The minimum Gasteiger partial charge on any atom is -0.872 e. The van der Waals surface area contributed by atoms with Gasteiger partial charge in [0, 0.05) is 16.5 Å². The highest BCUT2D eigenvalue weighted by atomic mass is 32.1. The molecule has 0 bridgehead atoms. The van der Waals surface area contributed by atoms with Gasteiger partial charge in [0.05, 0.1) is 18.7 Å². The molecule has 0 aliphatic carbocycles. The van der Waals surface area contributed by atoms with Crippen LogP contribution >= 0.6 is 11.3 Å². The van der Waals surface area contributed by atoms with Crippen molar-refractivity contribution >= 4 is 23.2 Å². The normalized spacial score (nSPS) is 19.4. The number of fused-ring (bicyclic) bond motifs is 1. The summed E-state index contributed by atoms with van der Waals surface area (Å²) < 4.78 is 5.94. The third-order valence-electron chi connectivity index (χ3n) is 5.30. The lowest BCUT2D eigenvalue weighted by Gasteiger charge is -2.22. The van der Waals surface area contributed by atoms with E-state index in [9.17, 15) is 9.90 Å². The third-order valence-corrected chi connectivity index (χ3v) is 6.27. The molecule has 0 amide bonds. The zero-order valence-electron chi connectivity index (χ0n) is 15.0. The summed E-state index contributed by atoms with van der Waals surface area (Å²) >= 11 is 1.58. The molecule has 4 rings (SSSR count). The van der Waals surface area contributed by atoms with Crippen LogP contribution in [0.3, 0.4) is 0 Å². The van der Waals surface area contributed by atoms with E-state index in [4.69, 9.17) is 4.74 Å². The van der Waals surface area contributed by atoms with Gasteiger partial charge in [-0.05, 0) is 55.7 Å². The van der Waals surface area contributed by atoms with Crippen molar-refractivity contribution in [1.82, 2.24) is 0 Å². The van der Waals surface area contributed by atoms with Gasteiger partial charge in [-0.15, -0.1) is 11.3 Å². The molecule has 3 heterocycles. The Balaban J connectivity index is 1.65. The molecular formula is C21H23NO3S. The van der Waals surface area contributed by atoms with Crippen molar-refractivity contribution in [1.29, 1.82) is 0 Å². The second-order valence-electron chi connectivity index (χ2n) is 7.17. The number of rotatable bonds is 3. The van der Waals surface area contributed by atoms with E-state index in [0.29, 0.717) is 29.2 Å². The molecule has 0 spiro atoms. The summed E-state index contributed by atoms with van der Waals surface area (Å²) in [7, 11) is 0. The van der Waals surface area contributed by atoms with E-state index < -0.39 is 0 Å². The third kappa shape index (κ3) is 3.29. The Labute approximate surface area is 157 Å². The number of nitrogens with one attached hydrogen (secondary N) is 1. The average Bonchev–Trinajstić information content (AvgIpc) is 3.05. The van der Waals surface area contributed by atoms with Crippen LogP contribution in [-0.2, 0) is 6.54 Å². The van der Waals surface area contributed by atoms with Gasteiger partial charge < -0.3 is 14.7 Å². The van der Waals surface area contributed by atoms with Gasteiger partial charge in [0.2, 0.25) is 5.78 Å². The van der Waals surface area contributed by atoms with Crippen LogP contribution in [-0.4, -0.2) is 18.9 Å². The fourth-order valence-electron chi connectivity index (χ4n) is 3.76. The van der Waals surface area contributed by atoms with Crippen LogP contribution in [0.5, 0.6) is 11.5 Å². The minimum atomic E-state index is -0.125. The van der Waals surface area contributed by atoms with Crippen molar-refractivity contribution in [2.75, 3.05) is 13.1 Å². The van der Waals surface area contributed by atoms with Gasteiger partial charge in [0.1, 0.15) is 12.3 Å². The maximum absolute atomic E-state index is 12.7. The number of Topliss-reactive ketones (excluding diaryl/α,β-unsaturated/α-hetero) is 1. The highest BCUT2D eigenvalue weighted by Gasteiger charge is 2.31. The molecule has 0 saturated carbocycles. The van der Waals surface area contributed by atoms with E-state index in [2.05, 4.69) is 0 Å². The Morgan fingerprint density at radius 3 is 2.65 bits per heavy atom. The molecule has 136 valence electrons. The van der Waals surface area contributed by atoms with Gasteiger partial charge in [-0.1, -0.05) is 11.8 Å². The number of hydrogen-bond acceptors (Lipinski definition) is 4. The number of allylic oxidation sites excluding steroid dienone is 1. The number of carbonyl (C=O) groups is 1. The Hall–Kier alpha value is -2.11. The zero-order valence-corrected chi connectivity index (χ0v) is 15.8. The van der Waals surface area contributed by atoms with E-state index in [-0.39, 0.29) is 11.5 Å². The Morgan fingerprint density at radius 1 is 1.19 bits per heavy atom. The van der Waals surface area contributed by atoms with Crippen LogP contribution < -0.4 is 14.7 Å². The number of quaternary nitrogens is 1. The van der Waals surface area contributed by atoms with Crippen LogP contribution in [0.4, 0.5) is 0 Å². The molecule has 1 aromatic carbocycles. The summed E-state index contributed by atoms with van der Waals surface area (Å²) in [6, 6.07) is 5.16. The molecule has 2 aliphatic heterocycles. The van der Waals surface area contributed by atoms with Crippen LogP contribution in [0.25, 0.3) is 6.08 Å². The van der Waals surface area contributed by atoms with Gasteiger partial charge in [-0.3, -0.25) is 4.79 Å². The highest BCUT2D eigenvalue weighted by Crippen LogP contribution is 2.38. The lowest BCUT2D eigenvalue weighted by molar-refractivity contribution is -0.913. The molecule has 1 saturated heterocycles. The second-order valence-corrected chi connectivity index (χ2v) is 8.12. The molecule has 0 unspecified atom stereocenters. The lowest BCUT2D eigenvalue weighted by atomic mass is 10.0. The molecule has 1 fully saturated rings. The van der Waals surface area contributed by atoms with Gasteiger partial charge in [0.15, 0.2) is 5.76 Å². The molecule has 0 radical (unpaired) electrons. The first-order valence-electron chi connectivity index (χ1n) is 9.28. The van der Waals surface area contributed by atoms with Gasteiger partial charge in [0.25, 0.3) is 0 Å². The Kier molecular flexibility index (Phi) is 4.83. The van der Waals surface area contributed by atoms with Gasteiger partial charge in [-0.2, -0.15) is 0 Å². The molecule has 4 nitrogen and oxygen atoms in total. The van der Waals surface area contributed by atoms with E-state index >= 15 is 0 Å². The fourth-order valence-corrected chi connectivity index (χ4v) is 4.61. The van der Waals surface area contributed by atoms with Crippen molar-refractivity contribution in [3.05, 3.63) is 50.9 Å². The molecule has 1 N–H and O–H groups in total. The number of thiophene rings is 1. The standard InChI is InChI=1S/C21H23NO3S/c1-14-8-11-26-19(14)12-18-20(24)15-6-7-17(23)16(21(15)25-18)13-22-9-4-2-3-5-10-22/h6-8,11-12,23H,2-5,9-10,13H2,1H3/b18-12-. The molecular weight excluding hydrogens is 346 g/mol. The highest BCUT2D eigenvalue weighted by molar-refractivity contribution is 7.11. The number of ketones is 1. The monoisotopic (exact) mass is 369 g/mol. The predicted octanol–water partition coefficient (Wildman–Crippen LogP) is 2.71. The minimum absolute atomic E-state index is 0.0261. The molecule has 0 atom stereocenters. The topological polar surface area (TPSA) is 53.8 Å². The van der Waals surface area contributed by atoms with Gasteiger partial charge >= 0.3 is 0 Å². The summed E-state index contributed by atoms with van der Waals surface area (Å²) in [5.74, 6) is 0.657.